The first-order valence-corrected chi connectivity index (χ1v) is 8.54. The Morgan fingerprint density at radius 1 is 1.62 bits per heavy atom. The largest absolute Gasteiger partial charge is 0.465 e. The van der Waals surface area contributed by atoms with Gasteiger partial charge >= 0.3 is 5.97 Å². The number of likely N-dealkylation sites (tertiary alicyclic amines) is 1. The number of hydrogen-bond donors (Lipinski definition) is 1. The van der Waals surface area contributed by atoms with E-state index in [-0.39, 0.29) is 5.97 Å². The summed E-state index contributed by atoms with van der Waals surface area (Å²) in [5, 5.41) is 4.74. The van der Waals surface area contributed by atoms with Gasteiger partial charge in [0, 0.05) is 18.0 Å². The first kappa shape index (κ1) is 16.2. The topological polar surface area (TPSA) is 41.6 Å². The van der Waals surface area contributed by atoms with Crippen molar-refractivity contribution in [2.24, 2.45) is 5.92 Å². The molecule has 1 unspecified atom stereocenters. The van der Waals surface area contributed by atoms with E-state index in [1.54, 1.807) is 11.3 Å². The lowest BCUT2D eigenvalue weighted by atomic mass is 10.0. The maximum atomic E-state index is 11.9. The molecule has 1 aromatic rings. The van der Waals surface area contributed by atoms with Crippen molar-refractivity contribution in [2.45, 2.75) is 33.1 Å². The summed E-state index contributed by atoms with van der Waals surface area (Å²) in [5.74, 6) is 0.344. The average molecular weight is 326 g/mol. The summed E-state index contributed by atoms with van der Waals surface area (Å²) in [6.07, 6.45) is 3.31. The molecular weight excluding hydrogens is 304 g/mol. The van der Waals surface area contributed by atoms with Crippen molar-refractivity contribution < 1.29 is 9.53 Å². The first-order valence-electron chi connectivity index (χ1n) is 7.32. The van der Waals surface area contributed by atoms with Gasteiger partial charge in [-0.2, -0.15) is 0 Å². The molecular formula is C15H22N2O2S2. The van der Waals surface area contributed by atoms with E-state index >= 15 is 0 Å². The van der Waals surface area contributed by atoms with Crippen LogP contribution in [-0.2, 0) is 11.2 Å². The highest BCUT2D eigenvalue weighted by Gasteiger charge is 2.22. The molecule has 0 saturated carbocycles. The van der Waals surface area contributed by atoms with Crippen molar-refractivity contribution in [1.82, 2.24) is 4.90 Å². The molecule has 1 aromatic heterocycles. The van der Waals surface area contributed by atoms with Crippen LogP contribution in [0.4, 0.5) is 5.00 Å². The van der Waals surface area contributed by atoms with Gasteiger partial charge in [-0.3, -0.25) is 0 Å². The Labute approximate surface area is 135 Å². The molecule has 1 N–H and O–H groups in total. The van der Waals surface area contributed by atoms with Crippen LogP contribution in [0.3, 0.4) is 0 Å². The number of ether oxygens (including phenoxy) is 1. The van der Waals surface area contributed by atoms with Crippen LogP contribution < -0.4 is 5.32 Å². The van der Waals surface area contributed by atoms with Crippen molar-refractivity contribution in [3.8, 4) is 0 Å². The van der Waals surface area contributed by atoms with Crippen LogP contribution in [0.5, 0.6) is 0 Å². The number of carbonyl (C=O) groups excluding carboxylic acids is 1. The standard InChI is InChI=1S/C15H22N2O2S2/c1-4-11-8-12(14(18)19-3)13(21-11)16-15(20)17-7-5-6-10(2)9-17/h8,10H,4-7,9H2,1-3H3,(H,16,20). The summed E-state index contributed by atoms with van der Waals surface area (Å²) in [6.45, 7) is 6.28. The second-order valence-electron chi connectivity index (χ2n) is 5.42. The van der Waals surface area contributed by atoms with E-state index in [0.717, 1.165) is 35.8 Å². The fraction of sp³-hybridized carbons (Fsp3) is 0.600. The highest BCUT2D eigenvalue weighted by Crippen LogP contribution is 2.30. The van der Waals surface area contributed by atoms with E-state index in [0.29, 0.717) is 16.6 Å². The maximum absolute atomic E-state index is 11.9. The van der Waals surface area contributed by atoms with Crippen LogP contribution in [-0.4, -0.2) is 36.2 Å². The van der Waals surface area contributed by atoms with Gasteiger partial charge in [-0.15, -0.1) is 11.3 Å². The average Bonchev–Trinajstić information content (AvgIpc) is 2.89. The molecule has 6 heteroatoms. The molecule has 4 nitrogen and oxygen atoms in total. The van der Waals surface area contributed by atoms with Crippen LogP contribution in [0.1, 0.15) is 41.9 Å². The maximum Gasteiger partial charge on any atom is 0.340 e. The quantitative estimate of drug-likeness (QED) is 0.680. The lowest BCUT2D eigenvalue weighted by molar-refractivity contribution is 0.0602. The second kappa shape index (κ2) is 7.22. The van der Waals surface area contributed by atoms with Gasteiger partial charge in [0.1, 0.15) is 5.00 Å². The zero-order valence-corrected chi connectivity index (χ0v) is 14.4. The molecule has 116 valence electrons. The zero-order chi connectivity index (χ0) is 15.4. The molecule has 2 heterocycles. The van der Waals surface area contributed by atoms with E-state index in [1.165, 1.54) is 13.5 Å². The Hall–Kier alpha value is -1.14. The van der Waals surface area contributed by atoms with Gasteiger partial charge in [0.2, 0.25) is 0 Å². The predicted molar refractivity (Wildman–Crippen MR) is 91.2 cm³/mol. The van der Waals surface area contributed by atoms with Crippen molar-refractivity contribution in [3.63, 3.8) is 0 Å². The molecule has 1 aliphatic heterocycles. The molecule has 1 fully saturated rings. The molecule has 1 atom stereocenters. The second-order valence-corrected chi connectivity index (χ2v) is 6.95. The number of thiocarbonyl (C=S) groups is 1. The van der Waals surface area contributed by atoms with Gasteiger partial charge < -0.3 is 15.0 Å². The molecule has 0 aliphatic carbocycles. The Morgan fingerprint density at radius 3 is 3.00 bits per heavy atom. The minimum atomic E-state index is -0.316. The molecule has 0 spiro atoms. The molecule has 1 aliphatic rings. The van der Waals surface area contributed by atoms with Crippen LogP contribution >= 0.6 is 23.6 Å². The van der Waals surface area contributed by atoms with Crippen molar-refractivity contribution in [3.05, 3.63) is 16.5 Å². The highest BCUT2D eigenvalue weighted by atomic mass is 32.1. The smallest absolute Gasteiger partial charge is 0.340 e. The fourth-order valence-electron chi connectivity index (χ4n) is 2.52. The first-order chi connectivity index (χ1) is 10.0. The summed E-state index contributed by atoms with van der Waals surface area (Å²) < 4.78 is 4.85. The minimum absolute atomic E-state index is 0.316. The van der Waals surface area contributed by atoms with Gasteiger partial charge in [0.05, 0.1) is 12.7 Å². The van der Waals surface area contributed by atoms with Crippen LogP contribution in [0.25, 0.3) is 0 Å². The van der Waals surface area contributed by atoms with Gasteiger partial charge in [0.15, 0.2) is 5.11 Å². The van der Waals surface area contributed by atoms with Crippen molar-refractivity contribution >= 4 is 39.6 Å². The van der Waals surface area contributed by atoms with Crippen LogP contribution in [0.15, 0.2) is 6.07 Å². The Morgan fingerprint density at radius 2 is 2.38 bits per heavy atom. The van der Waals surface area contributed by atoms with E-state index in [9.17, 15) is 4.79 Å². The molecule has 0 aromatic carbocycles. The SMILES string of the molecule is CCc1cc(C(=O)OC)c(NC(=S)N2CCCC(C)C2)s1. The summed E-state index contributed by atoms with van der Waals surface area (Å²) in [5.41, 5.74) is 0.576. The number of hydrogen-bond acceptors (Lipinski definition) is 4. The number of methoxy groups -OCH3 is 1. The number of anilines is 1. The van der Waals surface area contributed by atoms with E-state index in [4.69, 9.17) is 17.0 Å². The molecule has 21 heavy (non-hydrogen) atoms. The summed E-state index contributed by atoms with van der Waals surface area (Å²) in [6, 6.07) is 1.89. The number of esters is 1. The zero-order valence-electron chi connectivity index (χ0n) is 12.8. The van der Waals surface area contributed by atoms with Gasteiger partial charge in [-0.25, -0.2) is 4.79 Å². The summed E-state index contributed by atoms with van der Waals surface area (Å²) in [7, 11) is 1.40. The molecule has 0 bridgehead atoms. The third-order valence-corrected chi connectivity index (χ3v) is 5.26. The third kappa shape index (κ3) is 3.95. The van der Waals surface area contributed by atoms with Gasteiger partial charge in [0.25, 0.3) is 0 Å². The fourth-order valence-corrected chi connectivity index (χ4v) is 3.84. The predicted octanol–water partition coefficient (Wildman–Crippen LogP) is 3.53. The number of aryl methyl sites for hydroxylation is 1. The van der Waals surface area contributed by atoms with Crippen LogP contribution in [0.2, 0.25) is 0 Å². The molecule has 1 saturated heterocycles. The lowest BCUT2D eigenvalue weighted by Gasteiger charge is -2.32. The Kier molecular flexibility index (Phi) is 5.58. The van der Waals surface area contributed by atoms with Gasteiger partial charge in [-0.05, 0) is 43.5 Å². The molecule has 0 radical (unpaired) electrons. The van der Waals surface area contributed by atoms with Gasteiger partial charge in [-0.1, -0.05) is 13.8 Å². The Balaban J connectivity index is 2.12. The van der Waals surface area contributed by atoms with Crippen LogP contribution in [0, 0.1) is 5.92 Å². The van der Waals surface area contributed by atoms with E-state index in [1.807, 2.05) is 6.07 Å². The number of thiophene rings is 1. The Bertz CT molecular complexity index is 528. The van der Waals surface area contributed by atoms with Crippen molar-refractivity contribution in [1.29, 1.82) is 0 Å². The number of carbonyl (C=O) groups is 1. The number of nitrogens with zero attached hydrogens (tertiary/aromatic N) is 1. The molecule has 0 amide bonds. The molecule has 2 rings (SSSR count). The minimum Gasteiger partial charge on any atom is -0.465 e. The van der Waals surface area contributed by atoms with E-state index in [2.05, 4.69) is 24.1 Å². The third-order valence-electron chi connectivity index (χ3n) is 3.70. The summed E-state index contributed by atoms with van der Waals surface area (Å²) >= 11 is 7.08. The summed E-state index contributed by atoms with van der Waals surface area (Å²) in [4.78, 5) is 15.2. The normalized spacial score (nSPS) is 18.4. The monoisotopic (exact) mass is 326 g/mol. The lowest BCUT2D eigenvalue weighted by Crippen LogP contribution is -2.41. The van der Waals surface area contributed by atoms with E-state index < -0.39 is 0 Å². The highest BCUT2D eigenvalue weighted by molar-refractivity contribution is 7.80. The van der Waals surface area contributed by atoms with Crippen molar-refractivity contribution in [2.75, 3.05) is 25.5 Å². The number of nitrogens with one attached hydrogen (secondary N) is 1. The number of piperidine rings is 1. The number of rotatable bonds is 3.